The van der Waals surface area contributed by atoms with E-state index in [1.54, 1.807) is 17.0 Å². The van der Waals surface area contributed by atoms with Crippen LogP contribution in [0, 0.1) is 0 Å². The Hall–Kier alpha value is -1.69. The first-order valence-corrected chi connectivity index (χ1v) is 8.33. The molecule has 1 saturated heterocycles. The van der Waals surface area contributed by atoms with Crippen LogP contribution in [0.3, 0.4) is 0 Å². The highest BCUT2D eigenvalue weighted by Gasteiger charge is 2.27. The Bertz CT molecular complexity index is 570. The number of thioether (sulfide) groups is 1. The molecule has 0 saturated carbocycles. The molecule has 0 radical (unpaired) electrons. The van der Waals surface area contributed by atoms with Gasteiger partial charge in [-0.1, -0.05) is 6.07 Å². The molecule has 21 heavy (non-hydrogen) atoms. The van der Waals surface area contributed by atoms with Crippen LogP contribution < -0.4 is 10.2 Å². The number of amides is 2. The second kappa shape index (κ2) is 5.97. The first-order chi connectivity index (χ1) is 10.2. The van der Waals surface area contributed by atoms with Crippen LogP contribution in [-0.4, -0.2) is 41.2 Å². The number of carboxylic acid groups (broad SMARTS) is 1. The number of rotatable bonds is 2. The van der Waals surface area contributed by atoms with E-state index in [1.165, 1.54) is 0 Å². The topological polar surface area (TPSA) is 69.6 Å². The predicted molar refractivity (Wildman–Crippen MR) is 83.3 cm³/mol. The number of carbonyl (C=O) groups excluding carboxylic acids is 1. The third-order valence-electron chi connectivity index (χ3n) is 3.98. The fourth-order valence-electron chi connectivity index (χ4n) is 2.94. The lowest BCUT2D eigenvalue weighted by atomic mass is 9.96. The van der Waals surface area contributed by atoms with Crippen LogP contribution in [0.15, 0.2) is 18.2 Å². The van der Waals surface area contributed by atoms with E-state index in [1.807, 2.05) is 17.8 Å². The number of fused-ring (bicyclic) bond motifs is 1. The lowest BCUT2D eigenvalue weighted by Gasteiger charge is -2.31. The molecule has 2 aliphatic rings. The van der Waals surface area contributed by atoms with Crippen molar-refractivity contribution < 1.29 is 14.7 Å². The van der Waals surface area contributed by atoms with Crippen LogP contribution >= 0.6 is 11.8 Å². The van der Waals surface area contributed by atoms with E-state index < -0.39 is 5.97 Å². The SMILES string of the molecule is O=C(O)c1cccc2c1CCCN2C(=O)NC1CCSC1. The molecule has 0 aliphatic carbocycles. The van der Waals surface area contributed by atoms with Crippen molar-refractivity contribution in [3.8, 4) is 0 Å². The Balaban J connectivity index is 1.84. The Morgan fingerprint density at radius 1 is 1.38 bits per heavy atom. The van der Waals surface area contributed by atoms with Crippen molar-refractivity contribution in [3.05, 3.63) is 29.3 Å². The van der Waals surface area contributed by atoms with Gasteiger partial charge in [0.15, 0.2) is 0 Å². The summed E-state index contributed by atoms with van der Waals surface area (Å²) < 4.78 is 0. The monoisotopic (exact) mass is 306 g/mol. The quantitative estimate of drug-likeness (QED) is 0.880. The molecule has 1 atom stereocenters. The van der Waals surface area contributed by atoms with Crippen LogP contribution in [0.4, 0.5) is 10.5 Å². The molecule has 2 aliphatic heterocycles. The van der Waals surface area contributed by atoms with E-state index in [0.717, 1.165) is 35.6 Å². The average molecular weight is 306 g/mol. The normalized spacial score (nSPS) is 21.0. The number of anilines is 1. The Kier molecular flexibility index (Phi) is 4.05. The van der Waals surface area contributed by atoms with Gasteiger partial charge in [0.05, 0.1) is 5.56 Å². The third-order valence-corrected chi connectivity index (χ3v) is 5.15. The summed E-state index contributed by atoms with van der Waals surface area (Å²) in [5.74, 6) is 1.12. The molecule has 2 amide bonds. The number of urea groups is 1. The van der Waals surface area contributed by atoms with Gasteiger partial charge in [-0.15, -0.1) is 0 Å². The van der Waals surface area contributed by atoms with E-state index in [2.05, 4.69) is 5.32 Å². The minimum absolute atomic E-state index is 0.106. The maximum atomic E-state index is 12.5. The number of nitrogens with one attached hydrogen (secondary N) is 1. The van der Waals surface area contributed by atoms with E-state index in [-0.39, 0.29) is 12.1 Å². The summed E-state index contributed by atoms with van der Waals surface area (Å²) in [7, 11) is 0. The van der Waals surface area contributed by atoms with E-state index in [4.69, 9.17) is 0 Å². The average Bonchev–Trinajstić information content (AvgIpc) is 2.98. The van der Waals surface area contributed by atoms with Crippen LogP contribution in [0.2, 0.25) is 0 Å². The summed E-state index contributed by atoms with van der Waals surface area (Å²) in [6.07, 6.45) is 2.51. The van der Waals surface area contributed by atoms with E-state index in [9.17, 15) is 14.7 Å². The van der Waals surface area contributed by atoms with Gasteiger partial charge in [-0.05, 0) is 42.7 Å². The van der Waals surface area contributed by atoms with Crippen LogP contribution in [-0.2, 0) is 6.42 Å². The number of hydrogen-bond donors (Lipinski definition) is 2. The molecule has 1 aromatic carbocycles. The standard InChI is InChI=1S/C15H18N2O3S/c18-14(19)12-3-1-5-13-11(12)4-2-7-17(13)15(20)16-10-6-8-21-9-10/h1,3,5,10H,2,4,6-9H2,(H,16,20)(H,18,19). The van der Waals surface area contributed by atoms with Crippen molar-refractivity contribution in [1.82, 2.24) is 5.32 Å². The summed E-state index contributed by atoms with van der Waals surface area (Å²) in [4.78, 5) is 25.5. The number of aromatic carboxylic acids is 1. The predicted octanol–water partition coefficient (Wildman–Crippen LogP) is 2.35. The Morgan fingerprint density at radius 2 is 2.24 bits per heavy atom. The molecular formula is C15H18N2O3S. The van der Waals surface area contributed by atoms with Gasteiger partial charge >= 0.3 is 12.0 Å². The molecule has 3 rings (SSSR count). The lowest BCUT2D eigenvalue weighted by molar-refractivity contribution is 0.0695. The molecule has 6 heteroatoms. The smallest absolute Gasteiger partial charge is 0.336 e. The summed E-state index contributed by atoms with van der Waals surface area (Å²) >= 11 is 1.85. The van der Waals surface area contributed by atoms with Gasteiger partial charge in [0.2, 0.25) is 0 Å². The lowest BCUT2D eigenvalue weighted by Crippen LogP contribution is -2.47. The summed E-state index contributed by atoms with van der Waals surface area (Å²) in [5.41, 5.74) is 1.82. The molecule has 1 aromatic rings. The first-order valence-electron chi connectivity index (χ1n) is 7.18. The molecule has 112 valence electrons. The molecule has 0 aromatic heterocycles. The molecule has 2 N–H and O–H groups in total. The summed E-state index contributed by atoms with van der Waals surface area (Å²) in [6, 6.07) is 5.28. The van der Waals surface area contributed by atoms with Gasteiger partial charge in [0.1, 0.15) is 0 Å². The molecule has 2 heterocycles. The molecule has 0 bridgehead atoms. The van der Waals surface area contributed by atoms with Gasteiger partial charge in [0, 0.05) is 24.0 Å². The molecular weight excluding hydrogens is 288 g/mol. The highest BCUT2D eigenvalue weighted by molar-refractivity contribution is 7.99. The Morgan fingerprint density at radius 3 is 2.95 bits per heavy atom. The van der Waals surface area contributed by atoms with Crippen LogP contribution in [0.1, 0.15) is 28.8 Å². The van der Waals surface area contributed by atoms with Crippen molar-refractivity contribution >= 4 is 29.4 Å². The highest BCUT2D eigenvalue weighted by Crippen LogP contribution is 2.30. The van der Waals surface area contributed by atoms with Crippen molar-refractivity contribution in [3.63, 3.8) is 0 Å². The highest BCUT2D eigenvalue weighted by atomic mass is 32.2. The number of hydrogen-bond acceptors (Lipinski definition) is 3. The minimum atomic E-state index is -0.929. The second-order valence-electron chi connectivity index (χ2n) is 5.37. The number of benzene rings is 1. The summed E-state index contributed by atoms with van der Waals surface area (Å²) in [5, 5.41) is 12.3. The molecule has 1 unspecified atom stereocenters. The van der Waals surface area contributed by atoms with Gasteiger partial charge in [-0.25, -0.2) is 9.59 Å². The van der Waals surface area contributed by atoms with E-state index >= 15 is 0 Å². The molecule has 0 spiro atoms. The molecule has 5 nitrogen and oxygen atoms in total. The minimum Gasteiger partial charge on any atom is -0.478 e. The zero-order valence-electron chi connectivity index (χ0n) is 11.7. The van der Waals surface area contributed by atoms with Crippen molar-refractivity contribution in [2.45, 2.75) is 25.3 Å². The van der Waals surface area contributed by atoms with Gasteiger partial charge in [-0.3, -0.25) is 4.90 Å². The largest absolute Gasteiger partial charge is 0.478 e. The second-order valence-corrected chi connectivity index (χ2v) is 6.52. The van der Waals surface area contributed by atoms with Gasteiger partial charge in [0.25, 0.3) is 0 Å². The van der Waals surface area contributed by atoms with E-state index in [0.29, 0.717) is 18.5 Å². The number of nitrogens with zero attached hydrogens (tertiary/aromatic N) is 1. The Labute approximate surface area is 127 Å². The van der Waals surface area contributed by atoms with Crippen molar-refractivity contribution in [2.24, 2.45) is 0 Å². The molecule has 1 fully saturated rings. The van der Waals surface area contributed by atoms with Gasteiger partial charge in [-0.2, -0.15) is 11.8 Å². The fraction of sp³-hybridized carbons (Fsp3) is 0.467. The zero-order valence-corrected chi connectivity index (χ0v) is 12.5. The maximum absolute atomic E-state index is 12.5. The van der Waals surface area contributed by atoms with Crippen molar-refractivity contribution in [2.75, 3.05) is 23.0 Å². The summed E-state index contributed by atoms with van der Waals surface area (Å²) in [6.45, 7) is 0.641. The van der Waals surface area contributed by atoms with Crippen LogP contribution in [0.5, 0.6) is 0 Å². The first kappa shape index (κ1) is 14.3. The fourth-order valence-corrected chi connectivity index (χ4v) is 4.09. The number of carboxylic acids is 1. The zero-order chi connectivity index (χ0) is 14.8. The third kappa shape index (κ3) is 2.85. The van der Waals surface area contributed by atoms with Gasteiger partial charge < -0.3 is 10.4 Å². The van der Waals surface area contributed by atoms with Crippen LogP contribution in [0.25, 0.3) is 0 Å². The number of carbonyl (C=O) groups is 2. The maximum Gasteiger partial charge on any atom is 0.336 e. The van der Waals surface area contributed by atoms with Crippen molar-refractivity contribution in [1.29, 1.82) is 0 Å².